The van der Waals surface area contributed by atoms with Crippen LogP contribution in [0.3, 0.4) is 0 Å². The van der Waals surface area contributed by atoms with Gasteiger partial charge in [0, 0.05) is 10.9 Å². The Hall–Kier alpha value is -4.47. The minimum atomic E-state index is -4.88. The monoisotopic (exact) mass is 464 g/mol. The number of guanidine groups is 1. The van der Waals surface area contributed by atoms with E-state index in [4.69, 9.17) is 11.5 Å². The van der Waals surface area contributed by atoms with Crippen LogP contribution < -0.4 is 16.2 Å². The molecule has 0 saturated carbocycles. The van der Waals surface area contributed by atoms with Crippen molar-refractivity contribution in [2.24, 2.45) is 21.5 Å². The molecule has 3 aromatic carbocycles. The first kappa shape index (κ1) is 22.7. The molecule has 4 rings (SSSR count). The maximum atomic E-state index is 12.9. The molecule has 0 aliphatic heterocycles. The molecule has 10 heteroatoms. The van der Waals surface area contributed by atoms with Crippen molar-refractivity contribution in [2.45, 2.75) is 13.3 Å². The molecule has 7 nitrogen and oxygen atoms in total. The Morgan fingerprint density at radius 3 is 2.32 bits per heavy atom. The summed E-state index contributed by atoms with van der Waals surface area (Å²) in [6.45, 7) is 1.82. The summed E-state index contributed by atoms with van der Waals surface area (Å²) in [6, 6.07) is 19.9. The lowest BCUT2D eigenvalue weighted by atomic mass is 10.1. The van der Waals surface area contributed by atoms with Crippen LogP contribution in [0.1, 0.15) is 11.1 Å². The molecule has 0 atom stereocenters. The molecule has 0 fully saturated rings. The maximum Gasteiger partial charge on any atom is 0.573 e. The van der Waals surface area contributed by atoms with Gasteiger partial charge in [-0.05, 0) is 30.7 Å². The van der Waals surface area contributed by atoms with Gasteiger partial charge in [-0.15, -0.1) is 13.2 Å². The Balaban J connectivity index is 1.86. The van der Waals surface area contributed by atoms with Crippen LogP contribution in [0.5, 0.6) is 5.75 Å². The molecule has 0 aliphatic carbocycles. The average Bonchev–Trinajstić information content (AvgIpc) is 2.79. The second-order valence-corrected chi connectivity index (χ2v) is 7.22. The van der Waals surface area contributed by atoms with Crippen molar-refractivity contribution in [2.75, 3.05) is 0 Å². The summed E-state index contributed by atoms with van der Waals surface area (Å²) < 4.78 is 43.0. The number of ether oxygens (including phenoxy) is 1. The van der Waals surface area contributed by atoms with Crippen LogP contribution in [-0.2, 0) is 0 Å². The fourth-order valence-electron chi connectivity index (χ4n) is 3.28. The number of nitrogens with zero attached hydrogens (tertiary/aromatic N) is 4. The Morgan fingerprint density at radius 2 is 1.59 bits per heavy atom. The third kappa shape index (κ3) is 5.12. The number of benzene rings is 3. The van der Waals surface area contributed by atoms with E-state index in [-0.39, 0.29) is 29.0 Å². The van der Waals surface area contributed by atoms with Gasteiger partial charge < -0.3 is 16.2 Å². The highest BCUT2D eigenvalue weighted by Crippen LogP contribution is 2.35. The lowest BCUT2D eigenvalue weighted by Crippen LogP contribution is -2.19. The Labute approximate surface area is 192 Å². The van der Waals surface area contributed by atoms with Gasteiger partial charge in [0.05, 0.1) is 11.1 Å². The smallest absolute Gasteiger partial charge is 0.405 e. The SMILES string of the molecule is Cc1cccc2c(N=C(N)/N=C(\N)c3ccccc3)nc(-c3ccccc3OC(F)(F)F)nc12. The van der Waals surface area contributed by atoms with Gasteiger partial charge in [0.2, 0.25) is 5.96 Å². The van der Waals surface area contributed by atoms with Crippen molar-refractivity contribution < 1.29 is 17.9 Å². The molecule has 1 heterocycles. The number of fused-ring (bicyclic) bond motifs is 1. The van der Waals surface area contributed by atoms with Crippen molar-refractivity contribution in [1.29, 1.82) is 0 Å². The molecule has 0 amide bonds. The second-order valence-electron chi connectivity index (χ2n) is 7.22. The van der Waals surface area contributed by atoms with E-state index in [1.54, 1.807) is 42.5 Å². The highest BCUT2D eigenvalue weighted by molar-refractivity contribution is 6.05. The molecule has 4 aromatic rings. The quantitative estimate of drug-likeness (QED) is 0.331. The summed E-state index contributed by atoms with van der Waals surface area (Å²) in [5.74, 6) is -0.327. The lowest BCUT2D eigenvalue weighted by Gasteiger charge is -2.13. The number of hydrogen-bond donors (Lipinski definition) is 2. The van der Waals surface area contributed by atoms with Crippen molar-refractivity contribution >= 4 is 28.5 Å². The Kier molecular flexibility index (Phi) is 6.13. The second kappa shape index (κ2) is 9.18. The van der Waals surface area contributed by atoms with Crippen molar-refractivity contribution in [3.8, 4) is 17.1 Å². The molecule has 0 aliphatic rings. The zero-order chi connectivity index (χ0) is 24.3. The first-order chi connectivity index (χ1) is 16.2. The zero-order valence-corrected chi connectivity index (χ0v) is 17.9. The summed E-state index contributed by atoms with van der Waals surface area (Å²) in [4.78, 5) is 17.3. The van der Waals surface area contributed by atoms with Crippen molar-refractivity contribution in [3.63, 3.8) is 0 Å². The standard InChI is InChI=1S/C24H19F3N6O/c1-14-8-7-12-17-19(14)30-21(16-11-5-6-13-18(16)34-24(25,26)27)32-22(17)33-23(29)31-20(28)15-9-3-2-4-10-15/h2-13H,1H3,(H4,28,29,30,31,32,33). The van der Waals surface area contributed by atoms with Gasteiger partial charge in [0.25, 0.3) is 0 Å². The molecule has 1 aromatic heterocycles. The van der Waals surface area contributed by atoms with Gasteiger partial charge in [-0.1, -0.05) is 54.6 Å². The molecular weight excluding hydrogens is 445 g/mol. The van der Waals surface area contributed by atoms with Crippen LogP contribution >= 0.6 is 0 Å². The summed E-state index contributed by atoms with van der Waals surface area (Å²) in [7, 11) is 0. The highest BCUT2D eigenvalue weighted by Gasteiger charge is 2.32. The number of hydrogen-bond acceptors (Lipinski definition) is 4. The fourth-order valence-corrected chi connectivity index (χ4v) is 3.28. The fraction of sp³-hybridized carbons (Fsp3) is 0.0833. The number of amidine groups is 1. The number of halogens is 3. The molecule has 34 heavy (non-hydrogen) atoms. The first-order valence-electron chi connectivity index (χ1n) is 10.1. The van der Waals surface area contributed by atoms with E-state index in [0.29, 0.717) is 16.5 Å². The first-order valence-corrected chi connectivity index (χ1v) is 10.1. The summed E-state index contributed by atoms with van der Waals surface area (Å²) in [5, 5.41) is 0.550. The van der Waals surface area contributed by atoms with Crippen LogP contribution in [-0.4, -0.2) is 28.1 Å². The van der Waals surface area contributed by atoms with Crippen LogP contribution in [0.15, 0.2) is 82.8 Å². The predicted octanol–water partition coefficient (Wildman–Crippen LogP) is 4.86. The van der Waals surface area contributed by atoms with E-state index in [9.17, 15) is 13.2 Å². The molecule has 0 saturated heterocycles. The molecule has 172 valence electrons. The molecule has 0 spiro atoms. The molecular formula is C24H19F3N6O. The number of alkyl halides is 3. The van der Waals surface area contributed by atoms with Gasteiger partial charge >= 0.3 is 6.36 Å². The number of para-hydroxylation sites is 2. The van der Waals surface area contributed by atoms with E-state index in [2.05, 4.69) is 24.7 Å². The largest absolute Gasteiger partial charge is 0.573 e. The topological polar surface area (TPSA) is 112 Å². The van der Waals surface area contributed by atoms with Crippen LogP contribution in [0.2, 0.25) is 0 Å². The average molecular weight is 464 g/mol. The zero-order valence-electron chi connectivity index (χ0n) is 17.9. The third-order valence-electron chi connectivity index (χ3n) is 4.79. The summed E-state index contributed by atoms with van der Waals surface area (Å²) in [6.07, 6.45) is -4.88. The van der Waals surface area contributed by atoms with Gasteiger partial charge in [-0.25, -0.2) is 9.97 Å². The van der Waals surface area contributed by atoms with Gasteiger partial charge in [0.15, 0.2) is 11.6 Å². The number of aryl methyl sites for hydroxylation is 1. The van der Waals surface area contributed by atoms with E-state index >= 15 is 0 Å². The molecule has 4 N–H and O–H groups in total. The van der Waals surface area contributed by atoms with E-state index in [1.165, 1.54) is 18.2 Å². The maximum absolute atomic E-state index is 12.9. The van der Waals surface area contributed by atoms with E-state index in [1.807, 2.05) is 19.1 Å². The van der Waals surface area contributed by atoms with Gasteiger partial charge in [-0.2, -0.15) is 9.98 Å². The number of aliphatic imine (C=N–C) groups is 2. The van der Waals surface area contributed by atoms with Gasteiger partial charge in [-0.3, -0.25) is 0 Å². The number of nitrogens with two attached hydrogens (primary N) is 2. The van der Waals surface area contributed by atoms with Gasteiger partial charge in [0.1, 0.15) is 11.6 Å². The molecule has 0 bridgehead atoms. The normalized spacial score (nSPS) is 12.7. The van der Waals surface area contributed by atoms with Crippen molar-refractivity contribution in [3.05, 3.63) is 83.9 Å². The molecule has 0 radical (unpaired) electrons. The van der Waals surface area contributed by atoms with Crippen molar-refractivity contribution in [1.82, 2.24) is 9.97 Å². The van der Waals surface area contributed by atoms with E-state index in [0.717, 1.165) is 5.56 Å². The minimum Gasteiger partial charge on any atom is -0.405 e. The minimum absolute atomic E-state index is 0.00629. The summed E-state index contributed by atoms with van der Waals surface area (Å²) in [5.41, 5.74) is 14.0. The summed E-state index contributed by atoms with van der Waals surface area (Å²) >= 11 is 0. The Bertz CT molecular complexity index is 1400. The van der Waals surface area contributed by atoms with E-state index < -0.39 is 12.1 Å². The predicted molar refractivity (Wildman–Crippen MR) is 125 cm³/mol. The number of aromatic nitrogens is 2. The van der Waals surface area contributed by atoms with Crippen LogP contribution in [0, 0.1) is 6.92 Å². The molecule has 0 unspecified atom stereocenters. The van der Waals surface area contributed by atoms with Crippen LogP contribution in [0.25, 0.3) is 22.3 Å². The highest BCUT2D eigenvalue weighted by atomic mass is 19.4. The third-order valence-corrected chi connectivity index (χ3v) is 4.79. The lowest BCUT2D eigenvalue weighted by molar-refractivity contribution is -0.274. The Morgan fingerprint density at radius 1 is 0.882 bits per heavy atom. The van der Waals surface area contributed by atoms with Crippen LogP contribution in [0.4, 0.5) is 19.0 Å². The number of rotatable bonds is 4.